The number of anilines is 2. The van der Waals surface area contributed by atoms with Gasteiger partial charge in [-0.15, -0.1) is 0 Å². The van der Waals surface area contributed by atoms with Gasteiger partial charge in [-0.25, -0.2) is 0 Å². The Morgan fingerprint density at radius 1 is 0.676 bits per heavy atom. The summed E-state index contributed by atoms with van der Waals surface area (Å²) in [7, 11) is 0. The molecule has 2 N–H and O–H groups in total. The topological polar surface area (TPSA) is 76.7 Å². The van der Waals surface area contributed by atoms with Gasteiger partial charge in [0.15, 0.2) is 12.2 Å². The number of hydrogen-bond donors (Lipinski definition) is 2. The lowest BCUT2D eigenvalue weighted by atomic mass is 10.0. The van der Waals surface area contributed by atoms with Gasteiger partial charge in [0.2, 0.25) is 0 Å². The molecule has 0 fully saturated rings. The zero-order valence-electron chi connectivity index (χ0n) is 22.7. The summed E-state index contributed by atoms with van der Waals surface area (Å²) in [4.78, 5) is 25.8. The van der Waals surface area contributed by atoms with Crippen molar-refractivity contribution in [3.8, 4) is 11.5 Å². The standard InChI is InChI=1S/C30H35IN2O4/c1-16-12-18(3)27(19(4)13-16)32-29(34)22(7)36-24-10-9-11-25(26(24)31)37-23(8)30(35)33-28-20(5)14-17(2)15-21(28)6/h9-15,22-23H,1-8H3,(H,32,34)(H,33,35)/t22-,23?/m1/s1. The maximum absolute atomic E-state index is 12.9. The first kappa shape index (κ1) is 28.5. The SMILES string of the molecule is Cc1cc(C)c(NC(=O)C(C)Oc2cccc(O[C@H](C)C(=O)Nc3c(C)cc(C)cc3C)c2I)c(C)c1. The number of ether oxygens (including phenoxy) is 2. The first-order valence-electron chi connectivity index (χ1n) is 12.3. The van der Waals surface area contributed by atoms with Crippen LogP contribution < -0.4 is 20.1 Å². The fourth-order valence-electron chi connectivity index (χ4n) is 4.36. The number of carbonyl (C=O) groups is 2. The van der Waals surface area contributed by atoms with Crippen LogP contribution in [0.2, 0.25) is 0 Å². The molecule has 7 heteroatoms. The Morgan fingerprint density at radius 3 is 1.32 bits per heavy atom. The number of halogens is 1. The van der Waals surface area contributed by atoms with E-state index in [0.29, 0.717) is 15.1 Å². The molecule has 0 aliphatic rings. The quantitative estimate of drug-likeness (QED) is 0.269. The summed E-state index contributed by atoms with van der Waals surface area (Å²) in [6.45, 7) is 15.4. The number of benzene rings is 3. The van der Waals surface area contributed by atoms with Crippen LogP contribution in [0.3, 0.4) is 0 Å². The highest BCUT2D eigenvalue weighted by Gasteiger charge is 2.22. The monoisotopic (exact) mass is 614 g/mol. The summed E-state index contributed by atoms with van der Waals surface area (Å²) in [5.41, 5.74) is 7.93. The summed E-state index contributed by atoms with van der Waals surface area (Å²) >= 11 is 2.12. The molecule has 0 heterocycles. The van der Waals surface area contributed by atoms with E-state index in [9.17, 15) is 9.59 Å². The fraction of sp³-hybridized carbons (Fsp3) is 0.333. The molecule has 2 amide bonds. The molecule has 0 radical (unpaired) electrons. The van der Waals surface area contributed by atoms with Crippen molar-refractivity contribution in [1.82, 2.24) is 0 Å². The Kier molecular flexibility index (Phi) is 9.23. The summed E-state index contributed by atoms with van der Waals surface area (Å²) < 4.78 is 12.7. The van der Waals surface area contributed by atoms with E-state index < -0.39 is 12.2 Å². The zero-order chi connectivity index (χ0) is 27.4. The smallest absolute Gasteiger partial charge is 0.265 e. The molecule has 6 nitrogen and oxygen atoms in total. The minimum absolute atomic E-state index is 0.242. The van der Waals surface area contributed by atoms with Crippen LogP contribution in [0, 0.1) is 45.1 Å². The fourth-order valence-corrected chi connectivity index (χ4v) is 4.98. The number of aryl methyl sites for hydroxylation is 6. The van der Waals surface area contributed by atoms with Gasteiger partial charge < -0.3 is 20.1 Å². The Morgan fingerprint density at radius 2 is 1.00 bits per heavy atom. The molecule has 1 unspecified atom stereocenters. The van der Waals surface area contributed by atoms with Gasteiger partial charge in [0, 0.05) is 11.4 Å². The first-order valence-corrected chi connectivity index (χ1v) is 13.3. The predicted molar refractivity (Wildman–Crippen MR) is 158 cm³/mol. The number of hydrogen-bond acceptors (Lipinski definition) is 4. The highest BCUT2D eigenvalue weighted by atomic mass is 127. The number of carbonyl (C=O) groups excluding carboxylic acids is 2. The van der Waals surface area contributed by atoms with Gasteiger partial charge in [0.1, 0.15) is 11.5 Å². The first-order chi connectivity index (χ1) is 17.4. The molecule has 37 heavy (non-hydrogen) atoms. The van der Waals surface area contributed by atoms with Crippen molar-refractivity contribution in [1.29, 1.82) is 0 Å². The van der Waals surface area contributed by atoms with Crippen LogP contribution in [0.5, 0.6) is 11.5 Å². The molecule has 0 aromatic heterocycles. The van der Waals surface area contributed by atoms with Crippen LogP contribution in [-0.2, 0) is 9.59 Å². The molecule has 0 spiro atoms. The second kappa shape index (κ2) is 12.0. The van der Waals surface area contributed by atoms with Crippen LogP contribution in [0.15, 0.2) is 42.5 Å². The maximum atomic E-state index is 12.9. The lowest BCUT2D eigenvalue weighted by Crippen LogP contribution is -2.32. The van der Waals surface area contributed by atoms with Crippen LogP contribution in [0.1, 0.15) is 47.2 Å². The number of rotatable bonds is 8. The average molecular weight is 615 g/mol. The van der Waals surface area contributed by atoms with E-state index in [1.165, 1.54) is 0 Å². The van der Waals surface area contributed by atoms with Gasteiger partial charge in [-0.05, 0) is 112 Å². The van der Waals surface area contributed by atoms with E-state index in [1.54, 1.807) is 32.0 Å². The third kappa shape index (κ3) is 7.03. The molecule has 0 aliphatic carbocycles. The molecular weight excluding hydrogens is 579 g/mol. The molecule has 2 atom stereocenters. The third-order valence-electron chi connectivity index (χ3n) is 6.12. The molecule has 3 aromatic carbocycles. The van der Waals surface area contributed by atoms with Gasteiger partial charge in [0.25, 0.3) is 11.8 Å². The Hall–Kier alpha value is -3.07. The van der Waals surface area contributed by atoms with Crippen molar-refractivity contribution in [3.63, 3.8) is 0 Å². The number of nitrogens with one attached hydrogen (secondary N) is 2. The average Bonchev–Trinajstić information content (AvgIpc) is 2.80. The second-order valence-electron chi connectivity index (χ2n) is 9.61. The Labute approximate surface area is 233 Å². The van der Waals surface area contributed by atoms with Crippen LogP contribution in [0.4, 0.5) is 11.4 Å². The summed E-state index contributed by atoms with van der Waals surface area (Å²) in [6.07, 6.45) is -1.48. The highest BCUT2D eigenvalue weighted by Crippen LogP contribution is 2.32. The Bertz CT molecular complexity index is 1190. The lowest BCUT2D eigenvalue weighted by Gasteiger charge is -2.21. The van der Waals surface area contributed by atoms with Gasteiger partial charge in [-0.1, -0.05) is 41.5 Å². The van der Waals surface area contributed by atoms with Crippen molar-refractivity contribution in [3.05, 3.63) is 79.4 Å². The minimum atomic E-state index is -0.739. The lowest BCUT2D eigenvalue weighted by molar-refractivity contribution is -0.122. The minimum Gasteiger partial charge on any atom is -0.480 e. The normalized spacial score (nSPS) is 12.5. The molecule has 196 valence electrons. The van der Waals surface area contributed by atoms with Gasteiger partial charge in [0.05, 0.1) is 3.57 Å². The summed E-state index contributed by atoms with van der Waals surface area (Å²) in [5, 5.41) is 5.98. The van der Waals surface area contributed by atoms with Gasteiger partial charge >= 0.3 is 0 Å². The predicted octanol–water partition coefficient (Wildman–Crippen LogP) is 6.95. The van der Waals surface area contributed by atoms with E-state index in [1.807, 2.05) is 65.8 Å². The third-order valence-corrected chi connectivity index (χ3v) is 7.19. The highest BCUT2D eigenvalue weighted by molar-refractivity contribution is 14.1. The molecule has 0 aliphatic heterocycles. The van der Waals surface area contributed by atoms with Crippen molar-refractivity contribution in [2.45, 2.75) is 67.6 Å². The van der Waals surface area contributed by atoms with Crippen molar-refractivity contribution < 1.29 is 19.1 Å². The molecular formula is C30H35IN2O4. The molecule has 3 rings (SSSR count). The Balaban J connectivity index is 1.68. The molecule has 0 bridgehead atoms. The van der Waals surface area contributed by atoms with E-state index >= 15 is 0 Å². The molecule has 3 aromatic rings. The van der Waals surface area contributed by atoms with Crippen molar-refractivity contribution in [2.75, 3.05) is 10.6 Å². The second-order valence-corrected chi connectivity index (χ2v) is 10.7. The molecule has 0 saturated carbocycles. The van der Waals surface area contributed by atoms with Gasteiger partial charge in [-0.3, -0.25) is 9.59 Å². The number of amides is 2. The largest absolute Gasteiger partial charge is 0.480 e. The summed E-state index contributed by atoms with van der Waals surface area (Å²) in [5.74, 6) is 0.536. The van der Waals surface area contributed by atoms with E-state index in [4.69, 9.17) is 9.47 Å². The van der Waals surface area contributed by atoms with Crippen LogP contribution >= 0.6 is 22.6 Å². The summed E-state index contributed by atoms with van der Waals surface area (Å²) in [6, 6.07) is 13.5. The van der Waals surface area contributed by atoms with E-state index in [0.717, 1.165) is 44.8 Å². The van der Waals surface area contributed by atoms with E-state index in [-0.39, 0.29) is 11.8 Å². The zero-order valence-corrected chi connectivity index (χ0v) is 24.9. The van der Waals surface area contributed by atoms with Crippen molar-refractivity contribution >= 4 is 45.8 Å². The van der Waals surface area contributed by atoms with E-state index in [2.05, 4.69) is 33.2 Å². The van der Waals surface area contributed by atoms with Crippen LogP contribution in [-0.4, -0.2) is 24.0 Å². The molecule has 0 saturated heterocycles. The maximum Gasteiger partial charge on any atom is 0.265 e. The van der Waals surface area contributed by atoms with Crippen LogP contribution in [0.25, 0.3) is 0 Å². The van der Waals surface area contributed by atoms with Crippen molar-refractivity contribution in [2.24, 2.45) is 0 Å². The van der Waals surface area contributed by atoms with Gasteiger partial charge in [-0.2, -0.15) is 0 Å².